The van der Waals surface area contributed by atoms with E-state index >= 15 is 0 Å². The number of likely N-dealkylation sites (N-methyl/N-ethyl adjacent to an activating group) is 2. The normalized spacial score (nSPS) is 15.2. The van der Waals surface area contributed by atoms with Crippen LogP contribution in [0.25, 0.3) is 0 Å². The molecule has 2 heterocycles. The van der Waals surface area contributed by atoms with Crippen LogP contribution in [0.3, 0.4) is 0 Å². The van der Waals surface area contributed by atoms with Crippen LogP contribution in [0.4, 0.5) is 0 Å². The molecule has 2 aliphatic rings. The van der Waals surface area contributed by atoms with Crippen LogP contribution in [-0.4, -0.2) is 221 Å². The predicted molar refractivity (Wildman–Crippen MR) is 286 cm³/mol. The van der Waals surface area contributed by atoms with E-state index in [0.717, 1.165) is 148 Å². The van der Waals surface area contributed by atoms with Gasteiger partial charge in [-0.25, -0.2) is 0 Å². The number of allylic oxidation sites excluding steroid dienone is 1. The van der Waals surface area contributed by atoms with Crippen molar-refractivity contribution in [3.8, 4) is 0 Å². The molecule has 0 bridgehead atoms. The molecule has 6 N–H and O–H groups in total. The van der Waals surface area contributed by atoms with E-state index in [1.807, 2.05) is 33.8 Å². The standard InChI is InChI=1S/C17H35N3O2.C16H33N3O3.C15H31NO3.C3H8.C2H6/c1-3-4-5-6-16-22-17(21)8-10-18-9-7-11-20-14-12-19(2)13-15-20;1-18-10-12-19(13-11-18)9-5-7-17-8-6-16(21)22-15-4-2-3-14-20;1-3-14(2)15(19)8-11-16(10-7-13-18)9-5-4-6-12-17;1-3-2;1-2/h18H,3-16H2,1-2H3;17,20H,2-15H2,1H3;3,15,17-19H,4-13H2,1-2H3;3H2,1-2H3;1-2H3. The zero-order valence-electron chi connectivity index (χ0n) is 45.9. The van der Waals surface area contributed by atoms with Gasteiger partial charge in [0.1, 0.15) is 0 Å². The number of aliphatic hydroxyl groups is 4. The smallest absolute Gasteiger partial charge is 0.307 e. The van der Waals surface area contributed by atoms with Crippen molar-refractivity contribution in [2.45, 2.75) is 164 Å². The summed E-state index contributed by atoms with van der Waals surface area (Å²) >= 11 is 0. The van der Waals surface area contributed by atoms with E-state index < -0.39 is 0 Å². The summed E-state index contributed by atoms with van der Waals surface area (Å²) in [5.41, 5.74) is 1.02. The van der Waals surface area contributed by atoms with Crippen molar-refractivity contribution >= 4 is 11.9 Å². The molecule has 408 valence electrons. The lowest BCUT2D eigenvalue weighted by atomic mass is 10.1. The Morgan fingerprint density at radius 1 is 0.588 bits per heavy atom. The molecule has 0 radical (unpaired) electrons. The van der Waals surface area contributed by atoms with Crippen molar-refractivity contribution in [1.82, 2.24) is 35.1 Å². The van der Waals surface area contributed by atoms with Gasteiger partial charge in [-0.15, -0.1) is 0 Å². The Morgan fingerprint density at radius 2 is 1.00 bits per heavy atom. The minimum absolute atomic E-state index is 0.0666. The summed E-state index contributed by atoms with van der Waals surface area (Å²) in [6.45, 7) is 33.8. The van der Waals surface area contributed by atoms with Crippen molar-refractivity contribution in [2.24, 2.45) is 0 Å². The van der Waals surface area contributed by atoms with Crippen LogP contribution < -0.4 is 10.6 Å². The number of unbranched alkanes of at least 4 members (excludes halogenated alkanes) is 7. The second-order valence-electron chi connectivity index (χ2n) is 18.0. The Hall–Kier alpha value is -1.76. The highest BCUT2D eigenvalue weighted by molar-refractivity contribution is 5.69. The molecule has 1 unspecified atom stereocenters. The number of carbonyl (C=O) groups excluding carboxylic acids is 2. The fourth-order valence-corrected chi connectivity index (χ4v) is 7.04. The third kappa shape index (κ3) is 50.6. The van der Waals surface area contributed by atoms with E-state index in [-0.39, 0.29) is 37.9 Å². The lowest BCUT2D eigenvalue weighted by Crippen LogP contribution is -2.45. The van der Waals surface area contributed by atoms with Gasteiger partial charge in [0, 0.05) is 98.4 Å². The van der Waals surface area contributed by atoms with E-state index in [1.54, 1.807) is 0 Å². The molecule has 15 heteroatoms. The molecule has 0 aromatic heterocycles. The molecule has 1 atom stereocenters. The molecule has 0 aromatic carbocycles. The van der Waals surface area contributed by atoms with Gasteiger partial charge in [-0.3, -0.25) is 9.59 Å². The van der Waals surface area contributed by atoms with Crippen LogP contribution >= 0.6 is 0 Å². The maximum Gasteiger partial charge on any atom is 0.307 e. The number of esters is 2. The lowest BCUT2D eigenvalue weighted by Gasteiger charge is -2.32. The molecule has 0 amide bonds. The lowest BCUT2D eigenvalue weighted by molar-refractivity contribution is -0.144. The van der Waals surface area contributed by atoms with Gasteiger partial charge in [-0.05, 0) is 137 Å². The Bertz CT molecular complexity index is 1010. The molecule has 15 nitrogen and oxygen atoms in total. The van der Waals surface area contributed by atoms with Gasteiger partial charge in [0.15, 0.2) is 0 Å². The molecular formula is C53H113N7O8. The highest BCUT2D eigenvalue weighted by Gasteiger charge is 2.14. The summed E-state index contributed by atoms with van der Waals surface area (Å²) in [4.78, 5) is 35.0. The van der Waals surface area contributed by atoms with Crippen LogP contribution in [0.5, 0.6) is 0 Å². The first kappa shape index (κ1) is 70.5. The molecule has 2 saturated heterocycles. The minimum Gasteiger partial charge on any atom is -0.466 e. The van der Waals surface area contributed by atoms with E-state index in [1.165, 1.54) is 58.5 Å². The zero-order valence-corrected chi connectivity index (χ0v) is 45.9. The SMILES string of the molecule is CC.CC=C(C)C(O)CCN(CCCO)CCCCCO.CCC.CCCCCCOC(=O)CCNCCCN1CCN(C)CC1.CN1CCN(CCCNCCC(=O)OCCCCCO)CC1. The van der Waals surface area contributed by atoms with Crippen molar-refractivity contribution in [1.29, 1.82) is 0 Å². The van der Waals surface area contributed by atoms with Crippen molar-refractivity contribution in [2.75, 3.05) is 158 Å². The fraction of sp³-hybridized carbons (Fsp3) is 0.925. The first-order valence-electron chi connectivity index (χ1n) is 27.4. The molecule has 0 saturated carbocycles. The Kier molecular flexibility index (Phi) is 58.2. The van der Waals surface area contributed by atoms with Gasteiger partial charge in [0.05, 0.1) is 32.2 Å². The molecular weight excluding hydrogens is 863 g/mol. The summed E-state index contributed by atoms with van der Waals surface area (Å²) in [5, 5.41) is 42.9. The van der Waals surface area contributed by atoms with Gasteiger partial charge < -0.3 is 65.0 Å². The van der Waals surface area contributed by atoms with Gasteiger partial charge in [-0.1, -0.05) is 66.4 Å². The fourth-order valence-electron chi connectivity index (χ4n) is 7.04. The number of hydrogen-bond donors (Lipinski definition) is 6. The maximum absolute atomic E-state index is 11.5. The van der Waals surface area contributed by atoms with E-state index in [4.69, 9.17) is 24.8 Å². The zero-order chi connectivity index (χ0) is 51.3. The number of nitrogens with zero attached hydrogens (tertiary/aromatic N) is 5. The van der Waals surface area contributed by atoms with Crippen molar-refractivity contribution < 1.29 is 39.5 Å². The molecule has 0 aromatic rings. The number of carbonyl (C=O) groups is 2. The van der Waals surface area contributed by atoms with E-state index in [2.05, 4.69) is 70.0 Å². The van der Waals surface area contributed by atoms with Crippen LogP contribution in [0.15, 0.2) is 11.6 Å². The van der Waals surface area contributed by atoms with Crippen LogP contribution in [0, 0.1) is 0 Å². The first-order chi connectivity index (χ1) is 33.0. The molecule has 2 rings (SSSR count). The Morgan fingerprint density at radius 3 is 1.41 bits per heavy atom. The topological polar surface area (TPSA) is 174 Å². The predicted octanol–water partition coefficient (Wildman–Crippen LogP) is 6.03. The average Bonchev–Trinajstić information content (AvgIpc) is 3.35. The highest BCUT2D eigenvalue weighted by Crippen LogP contribution is 2.09. The number of hydrogen-bond acceptors (Lipinski definition) is 15. The summed E-state index contributed by atoms with van der Waals surface area (Å²) in [7, 11) is 4.35. The molecule has 2 aliphatic heterocycles. The molecule has 2 fully saturated rings. The Labute approximate surface area is 419 Å². The van der Waals surface area contributed by atoms with Crippen molar-refractivity contribution in [3.63, 3.8) is 0 Å². The number of nitrogens with one attached hydrogen (secondary N) is 2. The highest BCUT2D eigenvalue weighted by atomic mass is 16.5. The largest absolute Gasteiger partial charge is 0.466 e. The van der Waals surface area contributed by atoms with Gasteiger partial charge in [-0.2, -0.15) is 0 Å². The second kappa shape index (κ2) is 56.2. The molecule has 0 spiro atoms. The summed E-state index contributed by atoms with van der Waals surface area (Å²) in [5.74, 6) is -0.196. The number of ether oxygens (including phenoxy) is 2. The summed E-state index contributed by atoms with van der Waals surface area (Å²) < 4.78 is 10.3. The van der Waals surface area contributed by atoms with Crippen LogP contribution in [0.2, 0.25) is 0 Å². The second-order valence-corrected chi connectivity index (χ2v) is 18.0. The van der Waals surface area contributed by atoms with Crippen LogP contribution in [-0.2, 0) is 19.1 Å². The van der Waals surface area contributed by atoms with Gasteiger partial charge >= 0.3 is 11.9 Å². The van der Waals surface area contributed by atoms with Crippen LogP contribution in [0.1, 0.15) is 158 Å². The van der Waals surface area contributed by atoms with Gasteiger partial charge in [0.2, 0.25) is 0 Å². The van der Waals surface area contributed by atoms with E-state index in [0.29, 0.717) is 32.6 Å². The summed E-state index contributed by atoms with van der Waals surface area (Å²) in [6.07, 6.45) is 17.6. The third-order valence-electron chi connectivity index (χ3n) is 11.7. The number of rotatable bonds is 36. The third-order valence-corrected chi connectivity index (χ3v) is 11.7. The van der Waals surface area contributed by atoms with E-state index in [9.17, 15) is 14.7 Å². The monoisotopic (exact) mass is 976 g/mol. The maximum atomic E-state index is 11.5. The number of piperazine rings is 2. The summed E-state index contributed by atoms with van der Waals surface area (Å²) in [6, 6.07) is 0. The number of aliphatic hydroxyl groups excluding tert-OH is 4. The van der Waals surface area contributed by atoms with Gasteiger partial charge in [0.25, 0.3) is 0 Å². The van der Waals surface area contributed by atoms with Crippen molar-refractivity contribution in [3.05, 3.63) is 11.6 Å². The average molecular weight is 977 g/mol. The molecule has 68 heavy (non-hydrogen) atoms. The Balaban J connectivity index is -0.000000890. The first-order valence-corrected chi connectivity index (χ1v) is 27.4. The molecule has 0 aliphatic carbocycles. The quantitative estimate of drug-likeness (QED) is 0.0244. The minimum atomic E-state index is -0.362.